The molecule has 0 fully saturated rings. The fourth-order valence-electron chi connectivity index (χ4n) is 2.47. The van der Waals surface area contributed by atoms with Gasteiger partial charge in [0.1, 0.15) is 0 Å². The Morgan fingerprint density at radius 3 is 2.26 bits per heavy atom. The molecule has 0 unspecified atom stereocenters. The Hall–Kier alpha value is -1.31. The molecule has 0 spiro atoms. The second kappa shape index (κ2) is 6.23. The normalized spacial score (nSPS) is 10.7. The molecule has 19 heavy (non-hydrogen) atoms. The van der Waals surface area contributed by atoms with Crippen LogP contribution >= 0.6 is 11.6 Å². The van der Waals surface area contributed by atoms with Crippen LogP contribution in [0.25, 0.3) is 0 Å². The topological polar surface area (TPSA) is 12.0 Å². The number of nitrogens with one attached hydrogen (secondary N) is 1. The number of hydrogen-bond acceptors (Lipinski definition) is 1. The molecule has 0 aliphatic rings. The molecule has 0 aromatic heterocycles. The molecule has 0 bridgehead atoms. The SMILES string of the molecule is Cc1cc(C)c(CNCc2cccc(Cl)c2)c(C)c1. The molecule has 2 aromatic rings. The number of halogens is 1. The van der Waals surface area contributed by atoms with Gasteiger partial charge >= 0.3 is 0 Å². The van der Waals surface area contributed by atoms with E-state index in [4.69, 9.17) is 11.6 Å². The molecule has 0 amide bonds. The first-order valence-electron chi connectivity index (χ1n) is 6.58. The van der Waals surface area contributed by atoms with Crippen LogP contribution in [-0.4, -0.2) is 0 Å². The van der Waals surface area contributed by atoms with Gasteiger partial charge in [-0.3, -0.25) is 0 Å². The lowest BCUT2D eigenvalue weighted by atomic mass is 10.00. The van der Waals surface area contributed by atoms with Crippen LogP contribution in [0.4, 0.5) is 0 Å². The first-order chi connectivity index (χ1) is 9.06. The van der Waals surface area contributed by atoms with Crippen LogP contribution in [-0.2, 0) is 13.1 Å². The zero-order chi connectivity index (χ0) is 13.8. The lowest BCUT2D eigenvalue weighted by molar-refractivity contribution is 0.687. The van der Waals surface area contributed by atoms with E-state index in [1.54, 1.807) is 0 Å². The van der Waals surface area contributed by atoms with Crippen molar-refractivity contribution in [1.29, 1.82) is 0 Å². The molecule has 2 heteroatoms. The van der Waals surface area contributed by atoms with Gasteiger partial charge in [0.15, 0.2) is 0 Å². The highest BCUT2D eigenvalue weighted by Gasteiger charge is 2.03. The van der Waals surface area contributed by atoms with E-state index >= 15 is 0 Å². The third-order valence-corrected chi connectivity index (χ3v) is 3.60. The van der Waals surface area contributed by atoms with Gasteiger partial charge in [-0.25, -0.2) is 0 Å². The molecule has 2 aromatic carbocycles. The van der Waals surface area contributed by atoms with Gasteiger partial charge in [-0.1, -0.05) is 41.4 Å². The summed E-state index contributed by atoms with van der Waals surface area (Å²) in [6.45, 7) is 8.23. The van der Waals surface area contributed by atoms with Gasteiger partial charge in [-0.2, -0.15) is 0 Å². The Bertz CT molecular complexity index is 552. The summed E-state index contributed by atoms with van der Waals surface area (Å²) >= 11 is 5.98. The van der Waals surface area contributed by atoms with E-state index < -0.39 is 0 Å². The molecular weight excluding hydrogens is 254 g/mol. The second-order valence-electron chi connectivity index (χ2n) is 5.11. The first kappa shape index (κ1) is 14.1. The van der Waals surface area contributed by atoms with E-state index in [1.165, 1.54) is 27.8 Å². The summed E-state index contributed by atoms with van der Waals surface area (Å²) in [7, 11) is 0. The van der Waals surface area contributed by atoms with E-state index in [-0.39, 0.29) is 0 Å². The van der Waals surface area contributed by atoms with Crippen LogP contribution in [0.3, 0.4) is 0 Å². The smallest absolute Gasteiger partial charge is 0.0409 e. The molecule has 0 aliphatic heterocycles. The van der Waals surface area contributed by atoms with Crippen LogP contribution in [0.15, 0.2) is 36.4 Å². The van der Waals surface area contributed by atoms with E-state index in [2.05, 4.69) is 44.3 Å². The molecule has 0 radical (unpaired) electrons. The fraction of sp³-hybridized carbons (Fsp3) is 0.294. The number of hydrogen-bond donors (Lipinski definition) is 1. The van der Waals surface area contributed by atoms with E-state index in [9.17, 15) is 0 Å². The average molecular weight is 274 g/mol. The summed E-state index contributed by atoms with van der Waals surface area (Å²) in [5.74, 6) is 0. The van der Waals surface area contributed by atoms with Crippen molar-refractivity contribution in [1.82, 2.24) is 5.32 Å². The molecule has 1 nitrogen and oxygen atoms in total. The van der Waals surface area contributed by atoms with Crippen molar-refractivity contribution in [2.75, 3.05) is 0 Å². The first-order valence-corrected chi connectivity index (χ1v) is 6.96. The Morgan fingerprint density at radius 2 is 1.63 bits per heavy atom. The Labute approximate surface area is 120 Å². The molecular formula is C17H20ClN. The predicted octanol–water partition coefficient (Wildman–Crippen LogP) is 4.56. The second-order valence-corrected chi connectivity index (χ2v) is 5.55. The van der Waals surface area contributed by atoms with Crippen LogP contribution in [0, 0.1) is 20.8 Å². The van der Waals surface area contributed by atoms with Crippen molar-refractivity contribution < 1.29 is 0 Å². The maximum absolute atomic E-state index is 5.98. The third kappa shape index (κ3) is 3.82. The Kier molecular flexibility index (Phi) is 4.62. The minimum absolute atomic E-state index is 0.794. The Morgan fingerprint density at radius 1 is 0.947 bits per heavy atom. The Balaban J connectivity index is 2.00. The summed E-state index contributed by atoms with van der Waals surface area (Å²) < 4.78 is 0. The molecule has 0 atom stereocenters. The third-order valence-electron chi connectivity index (χ3n) is 3.36. The van der Waals surface area contributed by atoms with Crippen molar-refractivity contribution in [2.24, 2.45) is 0 Å². The molecule has 2 rings (SSSR count). The summed E-state index contributed by atoms with van der Waals surface area (Å²) in [5, 5.41) is 4.28. The zero-order valence-electron chi connectivity index (χ0n) is 11.8. The monoisotopic (exact) mass is 273 g/mol. The number of aryl methyl sites for hydroxylation is 3. The molecule has 0 aliphatic carbocycles. The maximum atomic E-state index is 5.98. The lowest BCUT2D eigenvalue weighted by Gasteiger charge is -2.12. The molecule has 0 saturated heterocycles. The van der Waals surface area contributed by atoms with Gasteiger partial charge in [0.25, 0.3) is 0 Å². The number of benzene rings is 2. The highest BCUT2D eigenvalue weighted by molar-refractivity contribution is 6.30. The van der Waals surface area contributed by atoms with E-state index in [1.807, 2.05) is 18.2 Å². The highest BCUT2D eigenvalue weighted by atomic mass is 35.5. The van der Waals surface area contributed by atoms with Gasteiger partial charge in [0.05, 0.1) is 0 Å². The van der Waals surface area contributed by atoms with E-state index in [0.29, 0.717) is 0 Å². The zero-order valence-corrected chi connectivity index (χ0v) is 12.5. The van der Waals surface area contributed by atoms with Gasteiger partial charge < -0.3 is 5.32 Å². The van der Waals surface area contributed by atoms with Gasteiger partial charge in [0, 0.05) is 18.1 Å². The molecule has 0 saturated carbocycles. The quantitative estimate of drug-likeness (QED) is 0.861. The minimum atomic E-state index is 0.794. The number of rotatable bonds is 4. The summed E-state index contributed by atoms with van der Waals surface area (Å²) in [4.78, 5) is 0. The van der Waals surface area contributed by atoms with Gasteiger partial charge in [-0.15, -0.1) is 0 Å². The van der Waals surface area contributed by atoms with Crippen LogP contribution in [0.2, 0.25) is 5.02 Å². The van der Waals surface area contributed by atoms with Crippen LogP contribution in [0.5, 0.6) is 0 Å². The van der Waals surface area contributed by atoms with Crippen molar-refractivity contribution in [3.63, 3.8) is 0 Å². The standard InChI is InChI=1S/C17H20ClN/c1-12-7-13(2)17(14(3)8-12)11-19-10-15-5-4-6-16(18)9-15/h4-9,19H,10-11H2,1-3H3. The van der Waals surface area contributed by atoms with Crippen LogP contribution < -0.4 is 5.32 Å². The maximum Gasteiger partial charge on any atom is 0.0409 e. The van der Waals surface area contributed by atoms with Crippen molar-refractivity contribution in [2.45, 2.75) is 33.9 Å². The van der Waals surface area contributed by atoms with Crippen molar-refractivity contribution in [3.8, 4) is 0 Å². The van der Waals surface area contributed by atoms with Gasteiger partial charge in [-0.05, 0) is 55.2 Å². The summed E-state index contributed by atoms with van der Waals surface area (Å²) in [6, 6.07) is 12.5. The predicted molar refractivity (Wildman–Crippen MR) is 82.6 cm³/mol. The summed E-state index contributed by atoms with van der Waals surface area (Å²) in [6.07, 6.45) is 0. The largest absolute Gasteiger partial charge is 0.309 e. The van der Waals surface area contributed by atoms with Gasteiger partial charge in [0.2, 0.25) is 0 Å². The molecule has 0 heterocycles. The highest BCUT2D eigenvalue weighted by Crippen LogP contribution is 2.16. The summed E-state index contributed by atoms with van der Waals surface area (Å²) in [5.41, 5.74) is 6.66. The van der Waals surface area contributed by atoms with E-state index in [0.717, 1.165) is 18.1 Å². The fourth-order valence-corrected chi connectivity index (χ4v) is 2.68. The molecule has 100 valence electrons. The molecule has 1 N–H and O–H groups in total. The van der Waals surface area contributed by atoms with Crippen molar-refractivity contribution in [3.05, 3.63) is 69.2 Å². The average Bonchev–Trinajstić information content (AvgIpc) is 2.32. The van der Waals surface area contributed by atoms with Crippen molar-refractivity contribution >= 4 is 11.6 Å². The lowest BCUT2D eigenvalue weighted by Crippen LogP contribution is -2.14. The minimum Gasteiger partial charge on any atom is -0.309 e. The van der Waals surface area contributed by atoms with Crippen LogP contribution in [0.1, 0.15) is 27.8 Å².